The number of ether oxygens (including phenoxy) is 2. The van der Waals surface area contributed by atoms with E-state index in [1.807, 2.05) is 13.0 Å². The van der Waals surface area contributed by atoms with E-state index < -0.39 is 5.97 Å². The fraction of sp³-hybridized carbons (Fsp3) is 0.267. The van der Waals surface area contributed by atoms with Gasteiger partial charge in [-0.05, 0) is 18.6 Å². The summed E-state index contributed by atoms with van der Waals surface area (Å²) in [6.07, 6.45) is 3.48. The minimum atomic E-state index is -0.909. The molecule has 0 saturated carbocycles. The van der Waals surface area contributed by atoms with E-state index in [-0.39, 0.29) is 6.42 Å². The fourth-order valence-electron chi connectivity index (χ4n) is 1.60. The molecule has 0 aliphatic carbocycles. The second kappa shape index (κ2) is 7.26. The number of hydrogen-bond donors (Lipinski definition) is 1. The number of allylic oxidation sites excluding steroid dienone is 1. The predicted octanol–water partition coefficient (Wildman–Crippen LogP) is 2.83. The largest absolute Gasteiger partial charge is 0.493 e. The van der Waals surface area contributed by atoms with Gasteiger partial charge in [0, 0.05) is 5.56 Å². The number of rotatable bonds is 7. The van der Waals surface area contributed by atoms with Crippen molar-refractivity contribution in [1.29, 1.82) is 0 Å². The van der Waals surface area contributed by atoms with Crippen molar-refractivity contribution in [2.75, 3.05) is 13.7 Å². The normalized spacial score (nSPS) is 10.9. The molecule has 0 bridgehead atoms. The first kappa shape index (κ1) is 14.8. The Labute approximate surface area is 113 Å². The summed E-state index contributed by atoms with van der Waals surface area (Å²) >= 11 is 0. The van der Waals surface area contributed by atoms with Gasteiger partial charge in [0.05, 0.1) is 13.5 Å². The molecule has 0 atom stereocenters. The highest BCUT2D eigenvalue weighted by Gasteiger charge is 2.13. The third kappa shape index (κ3) is 4.17. The van der Waals surface area contributed by atoms with Crippen molar-refractivity contribution in [2.45, 2.75) is 13.3 Å². The third-order valence-electron chi connectivity index (χ3n) is 2.64. The van der Waals surface area contributed by atoms with Gasteiger partial charge >= 0.3 is 5.97 Å². The zero-order valence-corrected chi connectivity index (χ0v) is 11.2. The van der Waals surface area contributed by atoms with Gasteiger partial charge in [-0.2, -0.15) is 0 Å². The minimum Gasteiger partial charge on any atom is -0.493 e. The molecule has 1 aromatic carbocycles. The van der Waals surface area contributed by atoms with Gasteiger partial charge in [0.15, 0.2) is 11.5 Å². The molecule has 0 unspecified atom stereocenters. The lowest BCUT2D eigenvalue weighted by Crippen LogP contribution is -2.07. The Bertz CT molecular complexity index is 489. The Kier molecular flexibility index (Phi) is 5.67. The Balaban J connectivity index is 3.00. The van der Waals surface area contributed by atoms with Crippen LogP contribution in [-0.4, -0.2) is 24.8 Å². The van der Waals surface area contributed by atoms with Gasteiger partial charge in [0.25, 0.3) is 0 Å². The fourth-order valence-corrected chi connectivity index (χ4v) is 1.60. The highest BCUT2D eigenvalue weighted by molar-refractivity contribution is 5.72. The van der Waals surface area contributed by atoms with Crippen LogP contribution in [0.25, 0.3) is 0 Å². The van der Waals surface area contributed by atoms with Gasteiger partial charge in [-0.25, -0.2) is 0 Å². The number of carbonyl (C=O) groups is 1. The molecule has 0 saturated heterocycles. The third-order valence-corrected chi connectivity index (χ3v) is 2.64. The van der Waals surface area contributed by atoms with Crippen LogP contribution in [0.5, 0.6) is 11.5 Å². The van der Waals surface area contributed by atoms with E-state index in [9.17, 15) is 4.79 Å². The van der Waals surface area contributed by atoms with Crippen molar-refractivity contribution in [2.24, 2.45) is 0 Å². The van der Waals surface area contributed by atoms with E-state index in [2.05, 4.69) is 6.58 Å². The van der Waals surface area contributed by atoms with Crippen LogP contribution >= 0.6 is 0 Å². The van der Waals surface area contributed by atoms with E-state index in [1.54, 1.807) is 24.3 Å². The molecule has 1 N–H and O–H groups in total. The first-order valence-corrected chi connectivity index (χ1v) is 5.90. The molecule has 19 heavy (non-hydrogen) atoms. The van der Waals surface area contributed by atoms with Crippen LogP contribution < -0.4 is 9.47 Å². The lowest BCUT2D eigenvalue weighted by Gasteiger charge is -2.14. The second-order valence-electron chi connectivity index (χ2n) is 3.88. The molecule has 0 spiro atoms. The van der Waals surface area contributed by atoms with E-state index in [0.29, 0.717) is 23.7 Å². The maximum Gasteiger partial charge on any atom is 0.307 e. The molecule has 1 rings (SSSR count). The monoisotopic (exact) mass is 262 g/mol. The van der Waals surface area contributed by atoms with Gasteiger partial charge in [0.1, 0.15) is 6.61 Å². The molecule has 4 heteroatoms. The Hall–Kier alpha value is -2.23. The zero-order valence-electron chi connectivity index (χ0n) is 11.2. The van der Waals surface area contributed by atoms with Crippen LogP contribution in [0.3, 0.4) is 0 Å². The number of carboxylic acids is 1. The van der Waals surface area contributed by atoms with Gasteiger partial charge < -0.3 is 14.6 Å². The maximum atomic E-state index is 10.8. The van der Waals surface area contributed by atoms with E-state index in [4.69, 9.17) is 14.6 Å². The first-order chi connectivity index (χ1) is 9.12. The maximum absolute atomic E-state index is 10.8. The van der Waals surface area contributed by atoms with Gasteiger partial charge in [-0.3, -0.25) is 4.79 Å². The molecule has 1 aromatic rings. The van der Waals surface area contributed by atoms with Gasteiger partial charge in [-0.15, -0.1) is 0 Å². The highest BCUT2D eigenvalue weighted by atomic mass is 16.5. The first-order valence-electron chi connectivity index (χ1n) is 5.90. The molecular formula is C15H18O4. The van der Waals surface area contributed by atoms with Crippen molar-refractivity contribution >= 4 is 5.97 Å². The summed E-state index contributed by atoms with van der Waals surface area (Å²) in [6, 6.07) is 5.20. The molecule has 0 fully saturated rings. The van der Waals surface area contributed by atoms with Crippen LogP contribution in [-0.2, 0) is 11.2 Å². The molecular weight excluding hydrogens is 244 g/mol. The molecule has 0 amide bonds. The van der Waals surface area contributed by atoms with Crippen LogP contribution in [0.2, 0.25) is 0 Å². The summed E-state index contributed by atoms with van der Waals surface area (Å²) < 4.78 is 10.9. The van der Waals surface area contributed by atoms with Crippen molar-refractivity contribution in [1.82, 2.24) is 0 Å². The van der Waals surface area contributed by atoms with Crippen LogP contribution in [0, 0.1) is 0 Å². The Morgan fingerprint density at radius 2 is 2.21 bits per heavy atom. The lowest BCUT2D eigenvalue weighted by molar-refractivity contribution is -0.136. The van der Waals surface area contributed by atoms with Crippen LogP contribution in [0.1, 0.15) is 12.5 Å². The molecule has 0 aliphatic heterocycles. The minimum absolute atomic E-state index is 0.105. The van der Waals surface area contributed by atoms with Crippen molar-refractivity contribution in [3.8, 4) is 11.5 Å². The van der Waals surface area contributed by atoms with Crippen LogP contribution in [0.15, 0.2) is 42.5 Å². The second-order valence-corrected chi connectivity index (χ2v) is 3.88. The molecule has 0 radical (unpaired) electrons. The van der Waals surface area contributed by atoms with Crippen molar-refractivity contribution in [3.05, 3.63) is 48.1 Å². The quantitative estimate of drug-likeness (QED) is 0.768. The number of para-hydroxylation sites is 1. The van der Waals surface area contributed by atoms with Gasteiger partial charge in [-0.1, -0.05) is 30.9 Å². The Morgan fingerprint density at radius 1 is 1.47 bits per heavy atom. The smallest absolute Gasteiger partial charge is 0.307 e. The molecule has 0 heterocycles. The Morgan fingerprint density at radius 3 is 2.74 bits per heavy atom. The number of carboxylic acid groups (broad SMARTS) is 1. The van der Waals surface area contributed by atoms with E-state index >= 15 is 0 Å². The average molecular weight is 262 g/mol. The van der Waals surface area contributed by atoms with E-state index in [1.165, 1.54) is 7.11 Å². The molecule has 4 nitrogen and oxygen atoms in total. The average Bonchev–Trinajstić information content (AvgIpc) is 2.40. The number of benzene rings is 1. The predicted molar refractivity (Wildman–Crippen MR) is 73.8 cm³/mol. The van der Waals surface area contributed by atoms with E-state index in [0.717, 1.165) is 5.57 Å². The molecule has 0 aromatic heterocycles. The van der Waals surface area contributed by atoms with Gasteiger partial charge in [0.2, 0.25) is 0 Å². The molecule has 0 aliphatic rings. The summed E-state index contributed by atoms with van der Waals surface area (Å²) in [5.74, 6) is 0.0833. The zero-order chi connectivity index (χ0) is 14.3. The number of aliphatic carboxylic acids is 1. The number of hydrogen-bond acceptors (Lipinski definition) is 3. The topological polar surface area (TPSA) is 55.8 Å². The lowest BCUT2D eigenvalue weighted by atomic mass is 10.1. The highest BCUT2D eigenvalue weighted by Crippen LogP contribution is 2.31. The summed E-state index contributed by atoms with van der Waals surface area (Å²) in [5.41, 5.74) is 1.51. The molecule has 102 valence electrons. The summed E-state index contributed by atoms with van der Waals surface area (Å²) in [5, 5.41) is 8.90. The summed E-state index contributed by atoms with van der Waals surface area (Å²) in [7, 11) is 1.52. The SMILES string of the molecule is C=C/C(=C\C)COc1c(CC(=O)O)cccc1OC. The summed E-state index contributed by atoms with van der Waals surface area (Å²) in [4.78, 5) is 10.8. The number of methoxy groups -OCH3 is 1. The van der Waals surface area contributed by atoms with Crippen LogP contribution in [0.4, 0.5) is 0 Å². The van der Waals surface area contributed by atoms with Crippen molar-refractivity contribution < 1.29 is 19.4 Å². The van der Waals surface area contributed by atoms with Crippen molar-refractivity contribution in [3.63, 3.8) is 0 Å². The standard InChI is InChI=1S/C15H18O4/c1-4-11(5-2)10-19-15-12(9-14(16)17)7-6-8-13(15)18-3/h4-8H,1,9-10H2,2-3H3,(H,16,17)/b11-5+. The summed E-state index contributed by atoms with van der Waals surface area (Å²) in [6.45, 7) is 5.90.